The van der Waals surface area contributed by atoms with Gasteiger partial charge in [0, 0.05) is 11.8 Å². The molecule has 2 bridgehead atoms. The summed E-state index contributed by atoms with van der Waals surface area (Å²) in [6.45, 7) is 0. The lowest BCUT2D eigenvalue weighted by Gasteiger charge is -2.17. The molecule has 0 radical (unpaired) electrons. The summed E-state index contributed by atoms with van der Waals surface area (Å²) in [6.07, 6.45) is 1.64. The minimum atomic E-state index is -0.318. The van der Waals surface area contributed by atoms with Crippen LogP contribution in [-0.2, 0) is 4.79 Å². The fourth-order valence-corrected chi connectivity index (χ4v) is 2.47. The Morgan fingerprint density at radius 3 is 1.83 bits per heavy atom. The lowest BCUT2D eigenvalue weighted by atomic mass is 9.81. The summed E-state index contributed by atoms with van der Waals surface area (Å²) in [5.74, 6) is -0.718. The van der Waals surface area contributed by atoms with Crippen molar-refractivity contribution in [3.63, 3.8) is 0 Å². The molecule has 0 aromatic carbocycles. The second-order valence-electron chi connectivity index (χ2n) is 3.50. The van der Waals surface area contributed by atoms with Gasteiger partial charge in [-0.25, -0.2) is 0 Å². The fourth-order valence-electron chi connectivity index (χ4n) is 2.47. The first kappa shape index (κ1) is 7.31. The van der Waals surface area contributed by atoms with Gasteiger partial charge in [-0.3, -0.25) is 4.79 Å². The van der Waals surface area contributed by atoms with Crippen LogP contribution in [0.15, 0.2) is 0 Å². The molecule has 4 atom stereocenters. The van der Waals surface area contributed by atoms with Gasteiger partial charge in [0.05, 0.1) is 24.0 Å². The third-order valence-electron chi connectivity index (χ3n) is 3.07. The maximum absolute atomic E-state index is 11.4. The number of hydrogen-bond donors (Lipinski definition) is 0. The quantitative estimate of drug-likeness (QED) is 0.528. The fraction of sp³-hybridized carbons (Fsp3) is 0.667. The molecule has 2 rings (SSSR count). The maximum Gasteiger partial charge on any atom is 0.141 e. The van der Waals surface area contributed by atoms with Crippen LogP contribution in [0.4, 0.5) is 0 Å². The SMILES string of the molecule is N#CC1C2CCC(C2=O)C1C#N. The number of carbonyl (C=O) groups excluding carboxylic acids is 1. The number of carbonyl (C=O) groups is 1. The number of hydrogen-bond acceptors (Lipinski definition) is 3. The summed E-state index contributed by atoms with van der Waals surface area (Å²) in [4.78, 5) is 11.4. The summed E-state index contributed by atoms with van der Waals surface area (Å²) < 4.78 is 0. The lowest BCUT2D eigenvalue weighted by molar-refractivity contribution is -0.121. The first-order chi connectivity index (χ1) is 5.79. The molecule has 12 heavy (non-hydrogen) atoms. The van der Waals surface area contributed by atoms with Crippen molar-refractivity contribution in [1.29, 1.82) is 10.5 Å². The Balaban J connectivity index is 2.36. The van der Waals surface area contributed by atoms with Gasteiger partial charge in [0.25, 0.3) is 0 Å². The van der Waals surface area contributed by atoms with Gasteiger partial charge in [0.2, 0.25) is 0 Å². The van der Waals surface area contributed by atoms with Crippen molar-refractivity contribution >= 4 is 5.78 Å². The van der Waals surface area contributed by atoms with Crippen molar-refractivity contribution in [3.05, 3.63) is 0 Å². The summed E-state index contributed by atoms with van der Waals surface area (Å²) in [5, 5.41) is 17.5. The predicted molar refractivity (Wildman–Crippen MR) is 39.4 cm³/mol. The third-order valence-corrected chi connectivity index (χ3v) is 3.07. The van der Waals surface area contributed by atoms with Gasteiger partial charge in [-0.05, 0) is 12.8 Å². The molecule has 0 aliphatic heterocycles. The summed E-state index contributed by atoms with van der Waals surface area (Å²) in [6, 6.07) is 4.17. The van der Waals surface area contributed by atoms with Gasteiger partial charge < -0.3 is 0 Å². The lowest BCUT2D eigenvalue weighted by Crippen LogP contribution is -2.19. The first-order valence-corrected chi connectivity index (χ1v) is 4.12. The molecular weight excluding hydrogens is 152 g/mol. The molecule has 0 amide bonds. The van der Waals surface area contributed by atoms with Crippen LogP contribution in [-0.4, -0.2) is 5.78 Å². The minimum Gasteiger partial charge on any atom is -0.299 e. The summed E-state index contributed by atoms with van der Waals surface area (Å²) >= 11 is 0. The van der Waals surface area contributed by atoms with E-state index in [4.69, 9.17) is 10.5 Å². The molecule has 2 aliphatic carbocycles. The summed E-state index contributed by atoms with van der Waals surface area (Å²) in [5.41, 5.74) is 0. The van der Waals surface area contributed by atoms with Gasteiger partial charge >= 0.3 is 0 Å². The van der Waals surface area contributed by atoms with Crippen LogP contribution in [0.3, 0.4) is 0 Å². The van der Waals surface area contributed by atoms with E-state index in [0.717, 1.165) is 12.8 Å². The number of rotatable bonds is 0. The van der Waals surface area contributed by atoms with E-state index in [1.54, 1.807) is 0 Å². The van der Waals surface area contributed by atoms with Crippen LogP contribution >= 0.6 is 0 Å². The molecule has 60 valence electrons. The standard InChI is InChI=1S/C9H8N2O/c10-3-7-5-1-2-6(9(5)12)8(7)4-11/h5-8H,1-2H2. The average Bonchev–Trinajstić information content (AvgIpc) is 2.58. The van der Waals surface area contributed by atoms with Gasteiger partial charge in [0.15, 0.2) is 0 Å². The van der Waals surface area contributed by atoms with Crippen LogP contribution in [0.25, 0.3) is 0 Å². The monoisotopic (exact) mass is 160 g/mol. The molecule has 3 nitrogen and oxygen atoms in total. The van der Waals surface area contributed by atoms with Crippen molar-refractivity contribution in [3.8, 4) is 12.1 Å². The van der Waals surface area contributed by atoms with E-state index < -0.39 is 0 Å². The Morgan fingerprint density at radius 1 is 1.08 bits per heavy atom. The van der Waals surface area contributed by atoms with Crippen LogP contribution in [0.1, 0.15) is 12.8 Å². The number of ketones is 1. The molecule has 2 fully saturated rings. The van der Waals surface area contributed by atoms with Crippen molar-refractivity contribution in [2.45, 2.75) is 12.8 Å². The van der Waals surface area contributed by atoms with Gasteiger partial charge in [-0.15, -0.1) is 0 Å². The van der Waals surface area contributed by atoms with Crippen molar-refractivity contribution in [2.75, 3.05) is 0 Å². The molecule has 0 heterocycles. The van der Waals surface area contributed by atoms with Crippen LogP contribution in [0.2, 0.25) is 0 Å². The number of Topliss-reactive ketones (excluding diaryl/α,β-unsaturated/α-hetero) is 1. The molecule has 0 N–H and O–H groups in total. The molecule has 0 aromatic heterocycles. The molecule has 0 spiro atoms. The molecule has 2 aliphatic rings. The van der Waals surface area contributed by atoms with Gasteiger partial charge in [-0.1, -0.05) is 0 Å². The van der Waals surface area contributed by atoms with E-state index in [1.165, 1.54) is 0 Å². The highest BCUT2D eigenvalue weighted by Gasteiger charge is 2.54. The van der Waals surface area contributed by atoms with Crippen LogP contribution in [0, 0.1) is 46.3 Å². The highest BCUT2D eigenvalue weighted by atomic mass is 16.1. The second-order valence-corrected chi connectivity index (χ2v) is 3.50. The Morgan fingerprint density at radius 2 is 1.50 bits per heavy atom. The molecule has 2 saturated carbocycles. The Labute approximate surface area is 70.6 Å². The van der Waals surface area contributed by atoms with Gasteiger partial charge in [0.1, 0.15) is 5.78 Å². The smallest absolute Gasteiger partial charge is 0.141 e. The van der Waals surface area contributed by atoms with E-state index >= 15 is 0 Å². The second kappa shape index (κ2) is 2.32. The van der Waals surface area contributed by atoms with Crippen molar-refractivity contribution < 1.29 is 4.79 Å². The van der Waals surface area contributed by atoms with E-state index in [2.05, 4.69) is 12.1 Å². The minimum absolute atomic E-state index is 0.121. The van der Waals surface area contributed by atoms with Crippen LogP contribution in [0.5, 0.6) is 0 Å². The summed E-state index contributed by atoms with van der Waals surface area (Å²) in [7, 11) is 0. The average molecular weight is 160 g/mol. The zero-order chi connectivity index (χ0) is 8.72. The highest BCUT2D eigenvalue weighted by molar-refractivity contribution is 5.89. The third kappa shape index (κ3) is 0.662. The zero-order valence-electron chi connectivity index (χ0n) is 6.53. The number of nitriles is 2. The van der Waals surface area contributed by atoms with E-state index in [0.29, 0.717) is 0 Å². The Kier molecular flexibility index (Phi) is 1.41. The van der Waals surface area contributed by atoms with E-state index in [-0.39, 0.29) is 29.5 Å². The highest BCUT2D eigenvalue weighted by Crippen LogP contribution is 2.48. The number of nitrogens with zero attached hydrogens (tertiary/aromatic N) is 2. The maximum atomic E-state index is 11.4. The van der Waals surface area contributed by atoms with Crippen LogP contribution < -0.4 is 0 Å². The molecule has 0 aromatic rings. The van der Waals surface area contributed by atoms with E-state index in [1.807, 2.05) is 0 Å². The largest absolute Gasteiger partial charge is 0.299 e. The van der Waals surface area contributed by atoms with Crippen molar-refractivity contribution in [1.82, 2.24) is 0 Å². The Hall–Kier alpha value is -1.35. The predicted octanol–water partition coefficient (Wildman–Crippen LogP) is 0.875. The Bertz CT molecular complexity index is 279. The zero-order valence-corrected chi connectivity index (χ0v) is 6.53. The first-order valence-electron chi connectivity index (χ1n) is 4.12. The molecular formula is C9H8N2O. The number of fused-ring (bicyclic) bond motifs is 2. The normalized spacial score (nSPS) is 44.0. The van der Waals surface area contributed by atoms with Crippen molar-refractivity contribution in [2.24, 2.45) is 23.7 Å². The topological polar surface area (TPSA) is 64.7 Å². The van der Waals surface area contributed by atoms with Gasteiger partial charge in [-0.2, -0.15) is 10.5 Å². The molecule has 4 unspecified atom stereocenters. The molecule has 0 saturated heterocycles. The molecule has 3 heteroatoms. The van der Waals surface area contributed by atoms with E-state index in [9.17, 15) is 4.79 Å².